The van der Waals surface area contributed by atoms with Gasteiger partial charge in [0.2, 0.25) is 0 Å². The SMILES string of the molecule is COc1ccc(C(N)C(C)(C)N)c(Cl)c1Cl. The van der Waals surface area contributed by atoms with Crippen LogP contribution >= 0.6 is 23.2 Å². The van der Waals surface area contributed by atoms with E-state index >= 15 is 0 Å². The standard InChI is InChI=1S/C11H16Cl2N2O/c1-11(2,15)10(14)6-4-5-7(16-3)9(13)8(6)12/h4-5,10H,14-15H2,1-3H3. The van der Waals surface area contributed by atoms with Crippen LogP contribution in [-0.4, -0.2) is 12.6 Å². The van der Waals surface area contributed by atoms with Crippen molar-refractivity contribution < 1.29 is 4.74 Å². The minimum atomic E-state index is -0.568. The fourth-order valence-electron chi connectivity index (χ4n) is 1.35. The number of nitrogens with two attached hydrogens (primary N) is 2. The predicted molar refractivity (Wildman–Crippen MR) is 68.2 cm³/mol. The summed E-state index contributed by atoms with van der Waals surface area (Å²) in [5.74, 6) is 0.525. The smallest absolute Gasteiger partial charge is 0.139 e. The molecule has 3 nitrogen and oxygen atoms in total. The van der Waals surface area contributed by atoms with Gasteiger partial charge in [0.25, 0.3) is 0 Å². The van der Waals surface area contributed by atoms with Gasteiger partial charge in [-0.2, -0.15) is 0 Å². The molecule has 1 unspecified atom stereocenters. The van der Waals surface area contributed by atoms with Gasteiger partial charge in [-0.05, 0) is 25.5 Å². The van der Waals surface area contributed by atoms with Gasteiger partial charge in [-0.1, -0.05) is 29.3 Å². The van der Waals surface area contributed by atoms with E-state index in [9.17, 15) is 0 Å². The van der Waals surface area contributed by atoms with Gasteiger partial charge < -0.3 is 16.2 Å². The monoisotopic (exact) mass is 262 g/mol. The highest BCUT2D eigenvalue weighted by Crippen LogP contribution is 2.38. The summed E-state index contributed by atoms with van der Waals surface area (Å²) in [4.78, 5) is 0. The molecule has 0 spiro atoms. The average Bonchev–Trinajstić information content (AvgIpc) is 2.20. The quantitative estimate of drug-likeness (QED) is 0.881. The molecule has 4 N–H and O–H groups in total. The largest absolute Gasteiger partial charge is 0.495 e. The van der Waals surface area contributed by atoms with Gasteiger partial charge in [0, 0.05) is 11.6 Å². The second-order valence-corrected chi connectivity index (χ2v) is 5.04. The predicted octanol–water partition coefficient (Wildman–Crippen LogP) is 2.74. The zero-order valence-electron chi connectivity index (χ0n) is 9.55. The van der Waals surface area contributed by atoms with Gasteiger partial charge in [-0.15, -0.1) is 0 Å². The summed E-state index contributed by atoms with van der Waals surface area (Å²) in [6.45, 7) is 3.68. The van der Waals surface area contributed by atoms with Gasteiger partial charge in [0.05, 0.1) is 12.1 Å². The number of hydrogen-bond acceptors (Lipinski definition) is 3. The Morgan fingerprint density at radius 2 is 1.81 bits per heavy atom. The molecule has 0 heterocycles. The van der Waals surface area contributed by atoms with E-state index in [0.29, 0.717) is 15.8 Å². The zero-order chi connectivity index (χ0) is 12.5. The van der Waals surface area contributed by atoms with Crippen LogP contribution in [0.25, 0.3) is 0 Å². The molecule has 5 heteroatoms. The lowest BCUT2D eigenvalue weighted by atomic mass is 9.90. The van der Waals surface area contributed by atoms with Crippen LogP contribution in [0, 0.1) is 0 Å². The highest BCUT2D eigenvalue weighted by molar-refractivity contribution is 6.43. The lowest BCUT2D eigenvalue weighted by Crippen LogP contribution is -2.43. The number of ether oxygens (including phenoxy) is 1. The number of rotatable bonds is 3. The topological polar surface area (TPSA) is 61.3 Å². The van der Waals surface area contributed by atoms with Crippen molar-refractivity contribution in [2.75, 3.05) is 7.11 Å². The van der Waals surface area contributed by atoms with Crippen molar-refractivity contribution in [2.45, 2.75) is 25.4 Å². The van der Waals surface area contributed by atoms with Crippen LogP contribution in [0.3, 0.4) is 0 Å². The van der Waals surface area contributed by atoms with E-state index in [4.69, 9.17) is 39.4 Å². The molecule has 0 bridgehead atoms. The van der Waals surface area contributed by atoms with E-state index in [1.807, 2.05) is 13.8 Å². The summed E-state index contributed by atoms with van der Waals surface area (Å²) in [7, 11) is 1.53. The van der Waals surface area contributed by atoms with Crippen LogP contribution in [0.1, 0.15) is 25.5 Å². The summed E-state index contributed by atoms with van der Waals surface area (Å²) in [5, 5.41) is 0.758. The Labute approximate surface area is 106 Å². The van der Waals surface area contributed by atoms with E-state index < -0.39 is 5.54 Å². The minimum Gasteiger partial charge on any atom is -0.495 e. The fraction of sp³-hybridized carbons (Fsp3) is 0.455. The zero-order valence-corrected chi connectivity index (χ0v) is 11.1. The number of methoxy groups -OCH3 is 1. The van der Waals surface area contributed by atoms with Crippen molar-refractivity contribution in [1.82, 2.24) is 0 Å². The summed E-state index contributed by atoms with van der Waals surface area (Å²) >= 11 is 12.2. The van der Waals surface area contributed by atoms with Crippen molar-refractivity contribution in [3.05, 3.63) is 27.7 Å². The van der Waals surface area contributed by atoms with Gasteiger partial charge in [-0.25, -0.2) is 0 Å². The molecule has 1 atom stereocenters. The van der Waals surface area contributed by atoms with Crippen molar-refractivity contribution in [2.24, 2.45) is 11.5 Å². The first-order valence-corrected chi connectivity index (χ1v) is 5.61. The molecule has 0 aliphatic carbocycles. The molecule has 0 aliphatic rings. The Kier molecular flexibility index (Phi) is 4.07. The Bertz CT molecular complexity index is 388. The summed E-state index contributed by atoms with van der Waals surface area (Å²) in [6, 6.07) is 3.13. The highest BCUT2D eigenvalue weighted by atomic mass is 35.5. The van der Waals surface area contributed by atoms with E-state index in [-0.39, 0.29) is 6.04 Å². The van der Waals surface area contributed by atoms with Gasteiger partial charge >= 0.3 is 0 Å². The molecule has 1 aromatic rings. The molecule has 90 valence electrons. The molecule has 1 rings (SSSR count). The molecule has 16 heavy (non-hydrogen) atoms. The number of hydrogen-bond donors (Lipinski definition) is 2. The molecule has 1 aromatic carbocycles. The van der Waals surface area contributed by atoms with Crippen molar-refractivity contribution >= 4 is 23.2 Å². The molecule has 0 saturated carbocycles. The molecular weight excluding hydrogens is 247 g/mol. The van der Waals surface area contributed by atoms with Crippen molar-refractivity contribution in [3.63, 3.8) is 0 Å². The Morgan fingerprint density at radius 1 is 1.25 bits per heavy atom. The molecular formula is C11H16Cl2N2O. The first kappa shape index (κ1) is 13.6. The van der Waals surface area contributed by atoms with Crippen LogP contribution in [0.4, 0.5) is 0 Å². The van der Waals surface area contributed by atoms with Crippen LogP contribution in [0.2, 0.25) is 10.0 Å². The summed E-state index contributed by atoms with van der Waals surface area (Å²) < 4.78 is 5.06. The highest BCUT2D eigenvalue weighted by Gasteiger charge is 2.26. The first-order valence-electron chi connectivity index (χ1n) is 4.85. The average molecular weight is 263 g/mol. The summed E-state index contributed by atoms with van der Waals surface area (Å²) in [6.07, 6.45) is 0. The van der Waals surface area contributed by atoms with E-state index in [1.165, 1.54) is 7.11 Å². The molecule has 0 fully saturated rings. The molecule has 0 amide bonds. The van der Waals surface area contributed by atoms with Crippen LogP contribution in [0.15, 0.2) is 12.1 Å². The third-order valence-electron chi connectivity index (χ3n) is 2.43. The fourth-order valence-corrected chi connectivity index (χ4v) is 1.87. The van der Waals surface area contributed by atoms with Crippen LogP contribution in [0.5, 0.6) is 5.75 Å². The van der Waals surface area contributed by atoms with E-state index in [0.717, 1.165) is 5.56 Å². The maximum atomic E-state index is 6.13. The maximum Gasteiger partial charge on any atom is 0.139 e. The second kappa shape index (κ2) is 4.80. The molecule has 0 aliphatic heterocycles. The van der Waals surface area contributed by atoms with E-state index in [2.05, 4.69) is 0 Å². The van der Waals surface area contributed by atoms with Crippen LogP contribution in [-0.2, 0) is 0 Å². The minimum absolute atomic E-state index is 0.362. The Balaban J connectivity index is 3.22. The van der Waals surface area contributed by atoms with Crippen LogP contribution < -0.4 is 16.2 Å². The third-order valence-corrected chi connectivity index (χ3v) is 3.31. The molecule has 0 radical (unpaired) electrons. The second-order valence-electron chi connectivity index (χ2n) is 4.28. The lowest BCUT2D eigenvalue weighted by molar-refractivity contribution is 0.409. The Morgan fingerprint density at radius 3 is 2.25 bits per heavy atom. The first-order chi connectivity index (χ1) is 7.29. The van der Waals surface area contributed by atoms with E-state index in [1.54, 1.807) is 12.1 Å². The Hall–Kier alpha value is -0.480. The third kappa shape index (κ3) is 2.61. The number of halogens is 2. The molecule has 0 aromatic heterocycles. The number of benzene rings is 1. The van der Waals surface area contributed by atoms with Crippen molar-refractivity contribution in [3.8, 4) is 5.75 Å². The van der Waals surface area contributed by atoms with Gasteiger partial charge in [0.1, 0.15) is 10.8 Å². The van der Waals surface area contributed by atoms with Gasteiger partial charge in [0.15, 0.2) is 0 Å². The van der Waals surface area contributed by atoms with Gasteiger partial charge in [-0.3, -0.25) is 0 Å². The van der Waals surface area contributed by atoms with Crippen molar-refractivity contribution in [1.29, 1.82) is 0 Å². The molecule has 0 saturated heterocycles. The lowest BCUT2D eigenvalue weighted by Gasteiger charge is -2.28. The normalized spacial score (nSPS) is 13.7. The maximum absolute atomic E-state index is 6.13. The summed E-state index contributed by atoms with van der Waals surface area (Å²) in [5.41, 5.74) is 12.1.